The van der Waals surface area contributed by atoms with Crippen molar-refractivity contribution in [2.75, 3.05) is 6.61 Å². The number of fused-ring (bicyclic) bond motifs is 1. The molecule has 204 valence electrons. The number of hydrogen-bond donors (Lipinski definition) is 0. The summed E-state index contributed by atoms with van der Waals surface area (Å²) in [5.74, 6) is -0.481. The van der Waals surface area contributed by atoms with Gasteiger partial charge in [-0.3, -0.25) is 9.36 Å². The summed E-state index contributed by atoms with van der Waals surface area (Å²) in [7, 11) is 0. The Hall–Kier alpha value is -4.53. The topological polar surface area (TPSA) is 78.5 Å². The Bertz CT molecular complexity index is 1960. The van der Waals surface area contributed by atoms with Gasteiger partial charge in [-0.2, -0.15) is 5.10 Å². The van der Waals surface area contributed by atoms with E-state index < -0.39 is 12.0 Å². The van der Waals surface area contributed by atoms with Crippen molar-refractivity contribution in [3.8, 4) is 16.9 Å². The van der Waals surface area contributed by atoms with Crippen molar-refractivity contribution < 1.29 is 9.53 Å². The number of rotatable bonds is 6. The summed E-state index contributed by atoms with van der Waals surface area (Å²) in [6.07, 6.45) is 3.74. The average molecular weight is 581 g/mol. The predicted octanol–water partition coefficient (Wildman–Crippen LogP) is 5.30. The molecule has 1 aliphatic rings. The molecule has 1 atom stereocenters. The first-order valence-electron chi connectivity index (χ1n) is 13.1. The van der Waals surface area contributed by atoms with Crippen LogP contribution in [0.15, 0.2) is 112 Å². The molecule has 41 heavy (non-hydrogen) atoms. The average Bonchev–Trinajstić information content (AvgIpc) is 3.54. The van der Waals surface area contributed by atoms with Crippen LogP contribution < -0.4 is 14.9 Å². The second-order valence-electron chi connectivity index (χ2n) is 9.43. The zero-order valence-electron chi connectivity index (χ0n) is 22.3. The summed E-state index contributed by atoms with van der Waals surface area (Å²) in [5, 5.41) is 5.49. The highest BCUT2D eigenvalue weighted by Gasteiger charge is 2.33. The molecule has 3 heterocycles. The maximum atomic E-state index is 14.1. The highest BCUT2D eigenvalue weighted by atomic mass is 35.5. The number of aromatic nitrogens is 3. The van der Waals surface area contributed by atoms with E-state index in [1.54, 1.807) is 23.1 Å². The van der Waals surface area contributed by atoms with Gasteiger partial charge in [-0.1, -0.05) is 83.6 Å². The number of carbonyl (C=O) groups is 1. The standard InChI is InChI=1S/C32H25ClN4O3S/c1-3-40-31(39)27-20(2)34-32-37(29(27)22-10-6-4-7-11-22)30(38)26(41-32)18-23-19-36(25-12-8-5-9-13-25)35-28(23)21-14-16-24(33)17-15-21/h4-19,29H,3H2,1-2H3/b26-18-/t29-/m0/s1. The molecular formula is C32H25ClN4O3S. The summed E-state index contributed by atoms with van der Waals surface area (Å²) in [4.78, 5) is 32.4. The quantitative estimate of drug-likeness (QED) is 0.255. The third kappa shape index (κ3) is 5.08. The van der Waals surface area contributed by atoms with Gasteiger partial charge in [-0.25, -0.2) is 14.5 Å². The van der Waals surface area contributed by atoms with Gasteiger partial charge in [0.1, 0.15) is 5.69 Å². The van der Waals surface area contributed by atoms with E-state index in [9.17, 15) is 9.59 Å². The molecule has 0 bridgehead atoms. The molecule has 0 saturated heterocycles. The summed E-state index contributed by atoms with van der Waals surface area (Å²) < 4.78 is 9.25. The van der Waals surface area contributed by atoms with Gasteiger partial charge in [-0.15, -0.1) is 0 Å². The van der Waals surface area contributed by atoms with E-state index in [1.165, 1.54) is 11.3 Å². The monoisotopic (exact) mass is 580 g/mol. The lowest BCUT2D eigenvalue weighted by atomic mass is 9.96. The largest absolute Gasteiger partial charge is 0.463 e. The van der Waals surface area contributed by atoms with Crippen LogP contribution in [0, 0.1) is 0 Å². The fourth-order valence-electron chi connectivity index (χ4n) is 4.92. The van der Waals surface area contributed by atoms with Gasteiger partial charge in [-0.05, 0) is 49.8 Å². The van der Waals surface area contributed by atoms with Crippen LogP contribution in [0.5, 0.6) is 0 Å². The van der Waals surface area contributed by atoms with Crippen LogP contribution in [0.1, 0.15) is 31.0 Å². The number of thiazole rings is 1. The summed E-state index contributed by atoms with van der Waals surface area (Å²) in [6, 6.07) is 26.1. The van der Waals surface area contributed by atoms with Gasteiger partial charge in [0.05, 0.1) is 34.1 Å². The van der Waals surface area contributed by atoms with E-state index in [-0.39, 0.29) is 12.2 Å². The molecule has 0 N–H and O–H groups in total. The minimum absolute atomic E-state index is 0.223. The van der Waals surface area contributed by atoms with E-state index >= 15 is 0 Å². The molecule has 6 rings (SSSR count). The van der Waals surface area contributed by atoms with Crippen LogP contribution in [0.25, 0.3) is 23.0 Å². The third-order valence-electron chi connectivity index (χ3n) is 6.80. The van der Waals surface area contributed by atoms with Crippen LogP contribution in [0.2, 0.25) is 5.02 Å². The Morgan fingerprint density at radius 1 is 1.02 bits per heavy atom. The SMILES string of the molecule is CCOC(=O)C1=C(C)N=c2s/c(=C\c3cn(-c4ccccc4)nc3-c3ccc(Cl)cc3)c(=O)n2[C@H]1c1ccccc1. The fraction of sp³-hybridized carbons (Fsp3) is 0.125. The van der Waals surface area contributed by atoms with Crippen LogP contribution in [-0.2, 0) is 9.53 Å². The number of hydrogen-bond acceptors (Lipinski definition) is 6. The van der Waals surface area contributed by atoms with Crippen LogP contribution in [-0.4, -0.2) is 26.9 Å². The molecule has 9 heteroatoms. The van der Waals surface area contributed by atoms with E-state index in [0.717, 1.165) is 22.4 Å². The first-order chi connectivity index (χ1) is 19.9. The van der Waals surface area contributed by atoms with Crippen LogP contribution >= 0.6 is 22.9 Å². The van der Waals surface area contributed by atoms with Gasteiger partial charge < -0.3 is 4.74 Å². The molecule has 0 radical (unpaired) electrons. The van der Waals surface area contributed by atoms with Gasteiger partial charge in [0.25, 0.3) is 5.56 Å². The van der Waals surface area contributed by atoms with Gasteiger partial charge in [0.2, 0.25) is 0 Å². The third-order valence-corrected chi connectivity index (χ3v) is 8.03. The lowest BCUT2D eigenvalue weighted by molar-refractivity contribution is -0.139. The van der Waals surface area contributed by atoms with Crippen molar-refractivity contribution >= 4 is 35.0 Å². The Morgan fingerprint density at radius 3 is 2.39 bits per heavy atom. The maximum Gasteiger partial charge on any atom is 0.338 e. The molecule has 0 fully saturated rings. The number of allylic oxidation sites excluding steroid dienone is 1. The smallest absolute Gasteiger partial charge is 0.338 e. The Morgan fingerprint density at radius 2 is 1.71 bits per heavy atom. The number of benzene rings is 3. The zero-order chi connectivity index (χ0) is 28.5. The Balaban J connectivity index is 1.56. The number of esters is 1. The molecule has 0 unspecified atom stereocenters. The molecule has 0 aliphatic carbocycles. The lowest BCUT2D eigenvalue weighted by Gasteiger charge is -2.24. The van der Waals surface area contributed by atoms with Gasteiger partial charge >= 0.3 is 5.97 Å². The number of carbonyl (C=O) groups excluding carboxylic acids is 1. The first kappa shape index (κ1) is 26.7. The van der Waals surface area contributed by atoms with E-state index in [1.807, 2.05) is 97.2 Å². The van der Waals surface area contributed by atoms with Crippen LogP contribution in [0.3, 0.4) is 0 Å². The molecule has 5 aromatic rings. The van der Waals surface area contributed by atoms with E-state index in [0.29, 0.717) is 31.3 Å². The molecule has 0 spiro atoms. The zero-order valence-corrected chi connectivity index (χ0v) is 23.9. The minimum atomic E-state index is -0.656. The van der Waals surface area contributed by atoms with E-state index in [4.69, 9.17) is 21.4 Å². The molecule has 1 aliphatic heterocycles. The fourth-order valence-corrected chi connectivity index (χ4v) is 6.08. The van der Waals surface area contributed by atoms with E-state index in [2.05, 4.69) is 4.99 Å². The summed E-state index contributed by atoms with van der Waals surface area (Å²) in [5.41, 5.74) is 4.67. The summed E-state index contributed by atoms with van der Waals surface area (Å²) in [6.45, 7) is 3.76. The number of ether oxygens (including phenoxy) is 1. The van der Waals surface area contributed by atoms with Crippen molar-refractivity contribution in [2.24, 2.45) is 4.99 Å². The molecular weight excluding hydrogens is 556 g/mol. The Labute approximate surface area is 245 Å². The number of nitrogens with zero attached hydrogens (tertiary/aromatic N) is 4. The maximum absolute atomic E-state index is 14.1. The predicted molar refractivity (Wildman–Crippen MR) is 161 cm³/mol. The van der Waals surface area contributed by atoms with Crippen molar-refractivity contribution in [3.05, 3.63) is 138 Å². The van der Waals surface area contributed by atoms with Crippen molar-refractivity contribution in [2.45, 2.75) is 19.9 Å². The molecule has 7 nitrogen and oxygen atoms in total. The highest BCUT2D eigenvalue weighted by molar-refractivity contribution is 7.07. The molecule has 3 aromatic carbocycles. The normalized spacial score (nSPS) is 15.0. The minimum Gasteiger partial charge on any atom is -0.463 e. The van der Waals surface area contributed by atoms with Crippen molar-refractivity contribution in [1.29, 1.82) is 0 Å². The van der Waals surface area contributed by atoms with Crippen molar-refractivity contribution in [1.82, 2.24) is 14.3 Å². The van der Waals surface area contributed by atoms with Crippen molar-refractivity contribution in [3.63, 3.8) is 0 Å². The summed E-state index contributed by atoms with van der Waals surface area (Å²) >= 11 is 7.44. The molecule has 0 amide bonds. The second kappa shape index (κ2) is 11.2. The molecule has 0 saturated carbocycles. The highest BCUT2D eigenvalue weighted by Crippen LogP contribution is 2.31. The lowest BCUT2D eigenvalue weighted by Crippen LogP contribution is -2.39. The van der Waals surface area contributed by atoms with Gasteiger partial charge in [0.15, 0.2) is 4.80 Å². The second-order valence-corrected chi connectivity index (χ2v) is 10.9. The molecule has 2 aromatic heterocycles. The Kier molecular flexibility index (Phi) is 7.26. The van der Waals surface area contributed by atoms with Gasteiger partial charge in [0, 0.05) is 22.3 Å². The number of halogens is 1. The van der Waals surface area contributed by atoms with Crippen LogP contribution in [0.4, 0.5) is 0 Å². The first-order valence-corrected chi connectivity index (χ1v) is 14.3. The number of para-hydroxylation sites is 1.